The van der Waals surface area contributed by atoms with Crippen LogP contribution in [0.25, 0.3) is 0 Å². The van der Waals surface area contributed by atoms with Crippen molar-refractivity contribution < 1.29 is 19.8 Å². The van der Waals surface area contributed by atoms with Crippen LogP contribution in [-0.4, -0.2) is 22.2 Å². The number of unbranched alkanes of at least 4 members (excludes halogenated alkanes) is 6. The Morgan fingerprint density at radius 1 is 0.714 bits per heavy atom. The van der Waals surface area contributed by atoms with Crippen LogP contribution < -0.4 is 0 Å². The monoisotopic (exact) mass is 386 g/mol. The molecule has 4 nitrogen and oxygen atoms in total. The third kappa shape index (κ3) is 4.31. The van der Waals surface area contributed by atoms with Crippen molar-refractivity contribution in [2.75, 3.05) is 0 Å². The molecule has 0 aliphatic heterocycles. The van der Waals surface area contributed by atoms with Crippen LogP contribution in [0.1, 0.15) is 89.2 Å². The molecule has 0 bridgehead atoms. The summed E-state index contributed by atoms with van der Waals surface area (Å²) in [6.07, 6.45) is 12.3. The van der Waals surface area contributed by atoms with Crippen molar-refractivity contribution in [1.82, 2.24) is 0 Å². The lowest BCUT2D eigenvalue weighted by Crippen LogP contribution is -2.45. The van der Waals surface area contributed by atoms with Gasteiger partial charge in [-0.15, -0.1) is 0 Å². The fraction of sp³-hybridized carbons (Fsp3) is 0.583. The number of rotatable bonds is 12. The molecule has 1 aromatic rings. The summed E-state index contributed by atoms with van der Waals surface area (Å²) in [6.45, 7) is 4.26. The van der Waals surface area contributed by atoms with Gasteiger partial charge in [0.15, 0.2) is 0 Å². The van der Waals surface area contributed by atoms with Gasteiger partial charge < -0.3 is 10.2 Å². The fourth-order valence-corrected chi connectivity index (χ4v) is 4.41. The van der Waals surface area contributed by atoms with E-state index in [1.807, 2.05) is 24.3 Å². The van der Waals surface area contributed by atoms with Gasteiger partial charge in [-0.25, -0.2) is 0 Å². The number of carboxylic acid groups (broad SMARTS) is 2. The van der Waals surface area contributed by atoms with Crippen molar-refractivity contribution in [3.05, 3.63) is 47.5 Å². The molecule has 0 aromatic heterocycles. The van der Waals surface area contributed by atoms with Crippen LogP contribution in [0.3, 0.4) is 0 Å². The van der Waals surface area contributed by atoms with Gasteiger partial charge in [0.05, 0.1) is 0 Å². The van der Waals surface area contributed by atoms with Gasteiger partial charge in [-0.3, -0.25) is 9.59 Å². The Bertz CT molecular complexity index is 649. The first-order chi connectivity index (χ1) is 13.4. The second-order valence-corrected chi connectivity index (χ2v) is 8.05. The maximum absolute atomic E-state index is 12.4. The first-order valence-corrected chi connectivity index (χ1v) is 10.7. The molecule has 2 atom stereocenters. The minimum Gasteiger partial charge on any atom is -0.480 e. The molecule has 28 heavy (non-hydrogen) atoms. The lowest BCUT2D eigenvalue weighted by Gasteiger charge is -2.40. The van der Waals surface area contributed by atoms with Gasteiger partial charge in [0.25, 0.3) is 0 Å². The van der Waals surface area contributed by atoms with Crippen molar-refractivity contribution >= 4 is 11.9 Å². The topological polar surface area (TPSA) is 74.6 Å². The average molecular weight is 387 g/mol. The van der Waals surface area contributed by atoms with Crippen molar-refractivity contribution in [3.8, 4) is 0 Å². The minimum atomic E-state index is -1.13. The molecule has 4 heteroatoms. The van der Waals surface area contributed by atoms with Gasteiger partial charge in [0, 0.05) is 0 Å². The Balaban J connectivity index is 2.45. The van der Waals surface area contributed by atoms with E-state index in [-0.39, 0.29) is 0 Å². The van der Waals surface area contributed by atoms with E-state index in [9.17, 15) is 19.8 Å². The molecule has 0 radical (unpaired) electrons. The zero-order chi connectivity index (χ0) is 20.6. The molecule has 0 heterocycles. The fourth-order valence-electron chi connectivity index (χ4n) is 4.41. The van der Waals surface area contributed by atoms with Gasteiger partial charge >= 0.3 is 11.9 Å². The van der Waals surface area contributed by atoms with Crippen LogP contribution in [0.4, 0.5) is 0 Å². The lowest BCUT2D eigenvalue weighted by molar-refractivity contribution is -0.145. The maximum atomic E-state index is 12.4. The number of aliphatic carboxylic acids is 2. The molecular weight excluding hydrogens is 352 g/mol. The number of carbonyl (C=O) groups is 2. The molecule has 1 aliphatic carbocycles. The van der Waals surface area contributed by atoms with E-state index in [0.29, 0.717) is 24.0 Å². The van der Waals surface area contributed by atoms with Gasteiger partial charge in [0.2, 0.25) is 0 Å². The average Bonchev–Trinajstić information content (AvgIpc) is 2.69. The smallest absolute Gasteiger partial charge is 0.318 e. The van der Waals surface area contributed by atoms with Crippen molar-refractivity contribution in [2.24, 2.45) is 0 Å². The van der Waals surface area contributed by atoms with E-state index in [1.165, 1.54) is 0 Å². The molecule has 1 aromatic carbocycles. The Labute approximate surface area is 168 Å². The highest BCUT2D eigenvalue weighted by Crippen LogP contribution is 2.46. The Morgan fingerprint density at radius 2 is 1.11 bits per heavy atom. The van der Waals surface area contributed by atoms with E-state index >= 15 is 0 Å². The van der Waals surface area contributed by atoms with Gasteiger partial charge in [-0.1, -0.05) is 102 Å². The Kier molecular flexibility index (Phi) is 7.85. The summed E-state index contributed by atoms with van der Waals surface area (Å²) in [5.74, 6) is -1.78. The summed E-state index contributed by atoms with van der Waals surface area (Å²) in [6, 6.07) is 7.28. The number of hydrogen-bond donors (Lipinski definition) is 2. The molecule has 2 rings (SSSR count). The summed E-state index contributed by atoms with van der Waals surface area (Å²) in [7, 11) is 0. The predicted molar refractivity (Wildman–Crippen MR) is 112 cm³/mol. The van der Waals surface area contributed by atoms with Gasteiger partial charge in [-0.05, 0) is 24.0 Å². The maximum Gasteiger partial charge on any atom is 0.318 e. The van der Waals surface area contributed by atoms with Crippen LogP contribution in [0.15, 0.2) is 36.4 Å². The van der Waals surface area contributed by atoms with Crippen LogP contribution in [0, 0.1) is 0 Å². The third-order valence-electron chi connectivity index (χ3n) is 6.15. The first kappa shape index (κ1) is 22.2. The third-order valence-corrected chi connectivity index (χ3v) is 6.15. The molecule has 0 fully saturated rings. The number of hydrogen-bond acceptors (Lipinski definition) is 2. The normalized spacial score (nSPS) is 23.4. The van der Waals surface area contributed by atoms with Crippen LogP contribution >= 0.6 is 0 Å². The van der Waals surface area contributed by atoms with Crippen molar-refractivity contribution in [2.45, 2.75) is 88.9 Å². The number of carboxylic acids is 2. The molecule has 0 saturated carbocycles. The van der Waals surface area contributed by atoms with E-state index in [1.54, 1.807) is 12.2 Å². The van der Waals surface area contributed by atoms with Gasteiger partial charge in [0.1, 0.15) is 10.8 Å². The Hall–Kier alpha value is -2.10. The molecule has 0 spiro atoms. The van der Waals surface area contributed by atoms with E-state index in [2.05, 4.69) is 13.8 Å². The van der Waals surface area contributed by atoms with E-state index in [0.717, 1.165) is 51.4 Å². The highest BCUT2D eigenvalue weighted by atomic mass is 16.4. The van der Waals surface area contributed by atoms with Gasteiger partial charge in [-0.2, -0.15) is 0 Å². The molecule has 0 saturated heterocycles. The van der Waals surface area contributed by atoms with Crippen molar-refractivity contribution in [1.29, 1.82) is 0 Å². The van der Waals surface area contributed by atoms with E-state index in [4.69, 9.17) is 0 Å². The first-order valence-electron chi connectivity index (χ1n) is 10.7. The molecule has 1 aliphatic rings. The molecular formula is C24H34O4. The molecule has 154 valence electrons. The largest absolute Gasteiger partial charge is 0.480 e. The summed E-state index contributed by atoms with van der Waals surface area (Å²) < 4.78 is 0. The zero-order valence-corrected chi connectivity index (χ0v) is 17.2. The molecule has 0 unspecified atom stereocenters. The van der Waals surface area contributed by atoms with Crippen molar-refractivity contribution in [3.63, 3.8) is 0 Å². The summed E-state index contributed by atoms with van der Waals surface area (Å²) in [5.41, 5.74) is -0.960. The molecule has 0 amide bonds. The SMILES string of the molecule is CCCCCC[C@]1(C(=O)O)C=C[C@](CCCCCC)(C(=O)O)c2ccccc21. The summed E-state index contributed by atoms with van der Waals surface area (Å²) >= 11 is 0. The van der Waals surface area contributed by atoms with E-state index < -0.39 is 22.8 Å². The quantitative estimate of drug-likeness (QED) is 0.349. The summed E-state index contributed by atoms with van der Waals surface area (Å²) in [4.78, 5) is 24.8. The second kappa shape index (κ2) is 9.90. The Morgan fingerprint density at radius 3 is 1.43 bits per heavy atom. The lowest BCUT2D eigenvalue weighted by atomic mass is 9.62. The highest BCUT2D eigenvalue weighted by Gasteiger charge is 2.49. The summed E-state index contributed by atoms with van der Waals surface area (Å²) in [5, 5.41) is 20.3. The minimum absolute atomic E-state index is 0.501. The van der Waals surface area contributed by atoms with Crippen LogP contribution in [0.2, 0.25) is 0 Å². The molecule has 2 N–H and O–H groups in total. The van der Waals surface area contributed by atoms with Crippen LogP contribution in [-0.2, 0) is 20.4 Å². The standard InChI is InChI=1S/C24H34O4/c1-3-5-7-11-15-23(21(25)26)17-18-24(22(27)28,16-12-8-6-4-2)20-14-10-9-13-19(20)23/h9-10,13-14,17-18H,3-8,11-12,15-16H2,1-2H3,(H,25,26)(H,27,28)/t23-,24-/m0/s1. The second-order valence-electron chi connectivity index (χ2n) is 8.05. The number of benzene rings is 1. The highest BCUT2D eigenvalue weighted by molar-refractivity contribution is 5.91. The van der Waals surface area contributed by atoms with Crippen LogP contribution in [0.5, 0.6) is 0 Å². The zero-order valence-electron chi connectivity index (χ0n) is 17.2. The predicted octanol–water partition coefficient (Wildman–Crippen LogP) is 5.84. The number of fused-ring (bicyclic) bond motifs is 1.